The topological polar surface area (TPSA) is 491 Å². The molecule has 476 valence electrons. The van der Waals surface area contributed by atoms with Crippen LogP contribution in [0.3, 0.4) is 0 Å². The molecule has 4 heterocycles. The number of hydrogen-bond donors (Lipinski definition) is 9. The number of aromatic nitrogens is 8. The molecule has 0 radical (unpaired) electrons. The maximum absolute atomic E-state index is 11.8. The number of amides is 2. The van der Waals surface area contributed by atoms with Gasteiger partial charge in [0.1, 0.15) is 0 Å². The first-order chi connectivity index (χ1) is 40.6. The Balaban J connectivity index is 0.00000113. The fourth-order valence-corrected chi connectivity index (χ4v) is 10.4. The Hall–Kier alpha value is -6.71. The Labute approximate surface area is 519 Å². The Morgan fingerprint density at radius 2 is 0.674 bits per heavy atom. The normalized spacial score (nSPS) is 12.4. The summed E-state index contributed by atoms with van der Waals surface area (Å²) in [5.74, 6) is -1.30. The second-order valence-electron chi connectivity index (χ2n) is 16.6. The van der Waals surface area contributed by atoms with Gasteiger partial charge in [-0.2, -0.15) is 0 Å². The number of carbonyl (C=O) groups excluding carboxylic acids is 2. The Kier molecular flexibility index (Phi) is 42.9. The van der Waals surface area contributed by atoms with Gasteiger partial charge in [-0.1, -0.05) is 181 Å². The average molecular weight is 1350 g/mol. The van der Waals surface area contributed by atoms with Gasteiger partial charge in [0, 0.05) is 19.8 Å². The number of hydrogen-bond acceptors (Lipinski definition) is 25. The van der Waals surface area contributed by atoms with Crippen LogP contribution in [0.25, 0.3) is 0 Å². The van der Waals surface area contributed by atoms with E-state index in [0.717, 1.165) is 117 Å². The highest BCUT2D eigenvalue weighted by molar-refractivity contribution is 7.92. The zero-order valence-electron chi connectivity index (χ0n) is 47.6. The van der Waals surface area contributed by atoms with Crippen molar-refractivity contribution in [1.82, 2.24) is 40.8 Å². The SMILES string of the molecule is CC(=O)Nc1nnc(S(N)(=O)=O)s1.CC/C=C\C/C=C\C/C=C\C/C=C\C/C=C\CCCC(=O)Nc1nnc(S(N)(=O)=O)s1.CC/C=C\C/C=C\C/C=C\C/C=C\C/C=C\CCCC(=O)O.Nc1nnc(S(N)(=O)=O)s1.Nc1nnc(S(N)(=O)=O)s1. The van der Waals surface area contributed by atoms with E-state index in [1.54, 1.807) is 0 Å². The second-order valence-corrected chi connectivity index (χ2v) is 27.5. The number of nitrogens with two attached hydrogens (primary N) is 6. The summed E-state index contributed by atoms with van der Waals surface area (Å²) >= 11 is 2.91. The molecule has 4 aromatic heterocycles. The number of primary sulfonamides is 4. The van der Waals surface area contributed by atoms with Crippen molar-refractivity contribution < 1.29 is 53.2 Å². The van der Waals surface area contributed by atoms with Crippen LogP contribution in [0.15, 0.2) is 139 Å². The molecule has 0 aliphatic heterocycles. The molecule has 36 heteroatoms. The summed E-state index contributed by atoms with van der Waals surface area (Å²) in [6.07, 6.45) is 56.5. The van der Waals surface area contributed by atoms with E-state index in [-0.39, 0.29) is 56.1 Å². The van der Waals surface area contributed by atoms with E-state index < -0.39 is 46.1 Å². The Morgan fingerprint density at radius 3 is 0.919 bits per heavy atom. The van der Waals surface area contributed by atoms with Gasteiger partial charge < -0.3 is 27.2 Å². The third-order valence-corrected chi connectivity index (χ3v) is 17.4. The molecule has 28 nitrogen and oxygen atoms in total. The molecule has 4 aromatic rings. The number of nitrogen functional groups attached to an aromatic ring is 2. The molecular formula is C50H76N16O12S8. The summed E-state index contributed by atoms with van der Waals surface area (Å²) < 4.78 is 84.4. The predicted octanol–water partition coefficient (Wildman–Crippen LogP) is 7.72. The Morgan fingerprint density at radius 1 is 0.407 bits per heavy atom. The highest BCUT2D eigenvalue weighted by Crippen LogP contribution is 2.20. The Bertz CT molecular complexity index is 3330. The number of anilines is 4. The lowest BCUT2D eigenvalue weighted by Crippen LogP contribution is -2.11. The van der Waals surface area contributed by atoms with Gasteiger partial charge in [0.05, 0.1) is 0 Å². The molecule has 86 heavy (non-hydrogen) atoms. The van der Waals surface area contributed by atoms with Gasteiger partial charge in [-0.05, 0) is 89.9 Å². The molecule has 0 aliphatic rings. The van der Waals surface area contributed by atoms with E-state index in [0.29, 0.717) is 24.2 Å². The van der Waals surface area contributed by atoms with Gasteiger partial charge >= 0.3 is 5.97 Å². The summed E-state index contributed by atoms with van der Waals surface area (Å²) in [7, 11) is -15.2. The molecule has 0 saturated heterocycles. The monoisotopic (exact) mass is 1350 g/mol. The van der Waals surface area contributed by atoms with Crippen LogP contribution >= 0.6 is 45.3 Å². The smallest absolute Gasteiger partial charge is 0.303 e. The van der Waals surface area contributed by atoms with Gasteiger partial charge in [-0.15, -0.1) is 40.8 Å². The summed E-state index contributed by atoms with van der Waals surface area (Å²) in [6.45, 7) is 5.55. The van der Waals surface area contributed by atoms with E-state index in [9.17, 15) is 48.1 Å². The number of unbranched alkanes of at least 4 members (excludes halogenated alkanes) is 2. The number of sulfonamides is 4. The van der Waals surface area contributed by atoms with Gasteiger partial charge in [-0.25, -0.2) is 54.2 Å². The third kappa shape index (κ3) is 45.6. The minimum absolute atomic E-state index is 0.0871. The molecule has 0 atom stereocenters. The van der Waals surface area contributed by atoms with E-state index >= 15 is 0 Å². The van der Waals surface area contributed by atoms with Crippen LogP contribution in [-0.4, -0.2) is 97.4 Å². The molecule has 0 spiro atoms. The molecule has 0 fully saturated rings. The van der Waals surface area contributed by atoms with Crippen LogP contribution in [0, 0.1) is 0 Å². The quantitative estimate of drug-likeness (QED) is 0.0128. The number of carboxylic acid groups (broad SMARTS) is 1. The standard InChI is InChI=1S/C22H32N4O3S2.C20H30O2.C4H6N4O3S2.2C2H4N4O2S2/c1-2-3-4-5-6-7-8-9-10-11-12-13-14-15-16-17-18-19-20(27)24-21-25-26-22(30-21)31(23,28)29;1-2-3-4-5-6-7-8-9-10-11-12-13-14-15-16-17-18-19-20(21)22;1-2(9)6-3-7-8-4(12-3)13(5,10)11;2*3-1-5-6-2(9-1)10(4,7)8/h3-4,6-7,9-10,12-13,15-16H,2,5,8,11,14,17-19H2,1H3,(H2,23,28,29)(H,24,25,27);3-4,6-7,9-10,12-13,15-16H,2,5,8,11,14,17-19H2,1H3,(H,21,22);1H3,(H2,5,10,11)(H,6,7,9);2*(H2,3,5)(H2,4,7,8)/b2*4-3-,7-6-,10-9-,13-12-,16-15-;;;. The van der Waals surface area contributed by atoms with Crippen molar-refractivity contribution in [3.8, 4) is 0 Å². The number of nitrogens with one attached hydrogen (secondary N) is 2. The number of nitrogens with zero attached hydrogens (tertiary/aromatic N) is 8. The van der Waals surface area contributed by atoms with E-state index in [4.69, 9.17) is 37.1 Å². The number of carbonyl (C=O) groups is 3. The van der Waals surface area contributed by atoms with E-state index in [1.165, 1.54) is 6.92 Å². The zero-order valence-corrected chi connectivity index (χ0v) is 54.1. The first kappa shape index (κ1) is 79.3. The molecule has 15 N–H and O–H groups in total. The van der Waals surface area contributed by atoms with Crippen LogP contribution in [-0.2, 0) is 54.5 Å². The molecule has 0 bridgehead atoms. The fraction of sp³-hybridized carbons (Fsp3) is 0.380. The molecule has 0 unspecified atom stereocenters. The van der Waals surface area contributed by atoms with Gasteiger partial charge in [0.25, 0.3) is 40.1 Å². The lowest BCUT2D eigenvalue weighted by molar-refractivity contribution is -0.137. The molecule has 0 saturated carbocycles. The van der Waals surface area contributed by atoms with Crippen molar-refractivity contribution in [2.75, 3.05) is 22.1 Å². The summed E-state index contributed by atoms with van der Waals surface area (Å²) in [5.41, 5.74) is 10.2. The molecular weight excluding hydrogens is 1270 g/mol. The first-order valence-electron chi connectivity index (χ1n) is 25.8. The van der Waals surface area contributed by atoms with Crippen LogP contribution in [0.4, 0.5) is 20.5 Å². The summed E-state index contributed by atoms with van der Waals surface area (Å²) in [4.78, 5) is 32.7. The molecule has 2 amide bonds. The van der Waals surface area contributed by atoms with E-state index in [1.807, 2.05) is 0 Å². The van der Waals surface area contributed by atoms with Crippen molar-refractivity contribution in [2.45, 2.75) is 141 Å². The summed E-state index contributed by atoms with van der Waals surface area (Å²) in [6, 6.07) is 0. The van der Waals surface area contributed by atoms with E-state index in [2.05, 4.69) is 187 Å². The van der Waals surface area contributed by atoms with Crippen LogP contribution in [0.1, 0.15) is 124 Å². The highest BCUT2D eigenvalue weighted by atomic mass is 32.3. The van der Waals surface area contributed by atoms with Gasteiger partial charge in [-0.3, -0.25) is 14.4 Å². The number of carboxylic acids is 1. The minimum atomic E-state index is -3.89. The van der Waals surface area contributed by atoms with Crippen molar-refractivity contribution in [1.29, 1.82) is 0 Å². The van der Waals surface area contributed by atoms with Crippen molar-refractivity contribution in [3.05, 3.63) is 122 Å². The van der Waals surface area contributed by atoms with Gasteiger partial charge in [0.2, 0.25) is 49.7 Å². The number of rotatable bonds is 32. The average Bonchev–Trinajstić information content (AvgIpc) is 3.57. The zero-order chi connectivity index (χ0) is 64.7. The largest absolute Gasteiger partial charge is 0.481 e. The highest BCUT2D eigenvalue weighted by Gasteiger charge is 2.17. The van der Waals surface area contributed by atoms with Crippen molar-refractivity contribution in [3.63, 3.8) is 0 Å². The number of allylic oxidation sites excluding steroid dienone is 20. The minimum Gasteiger partial charge on any atom is -0.481 e. The third-order valence-electron chi connectivity index (χ3n) is 9.01. The maximum Gasteiger partial charge on any atom is 0.303 e. The van der Waals surface area contributed by atoms with Crippen LogP contribution < -0.4 is 42.7 Å². The number of aliphatic carboxylic acids is 1. The second kappa shape index (κ2) is 46.5. The van der Waals surface area contributed by atoms with Crippen molar-refractivity contribution in [2.24, 2.45) is 20.6 Å². The lowest BCUT2D eigenvalue weighted by Gasteiger charge is -1.98. The van der Waals surface area contributed by atoms with Gasteiger partial charge in [0.15, 0.2) is 0 Å². The lowest BCUT2D eigenvalue weighted by atomic mass is 10.2. The predicted molar refractivity (Wildman–Crippen MR) is 341 cm³/mol. The fourth-order valence-electron chi connectivity index (χ4n) is 5.24. The molecule has 0 aliphatic carbocycles. The maximum atomic E-state index is 11.8. The molecule has 4 rings (SSSR count). The summed E-state index contributed by atoms with van der Waals surface area (Å²) in [5, 5.41) is 59.5. The first-order valence-corrected chi connectivity index (χ1v) is 35.3. The molecule has 0 aromatic carbocycles. The van der Waals surface area contributed by atoms with Crippen LogP contribution in [0.5, 0.6) is 0 Å². The van der Waals surface area contributed by atoms with Crippen molar-refractivity contribution >= 4 is 124 Å². The van der Waals surface area contributed by atoms with Crippen LogP contribution in [0.2, 0.25) is 0 Å².